The number of rotatable bonds is 6. The van der Waals surface area contributed by atoms with E-state index in [1.807, 2.05) is 26.0 Å². The van der Waals surface area contributed by atoms with Gasteiger partial charge in [0.1, 0.15) is 11.6 Å². The topological polar surface area (TPSA) is 76.9 Å². The van der Waals surface area contributed by atoms with Gasteiger partial charge in [0, 0.05) is 24.2 Å². The molecule has 0 saturated heterocycles. The van der Waals surface area contributed by atoms with Crippen LogP contribution in [0.1, 0.15) is 50.4 Å². The van der Waals surface area contributed by atoms with Gasteiger partial charge in [-0.1, -0.05) is 60.7 Å². The van der Waals surface area contributed by atoms with Crippen LogP contribution in [0.5, 0.6) is 5.75 Å². The molecule has 1 aliphatic heterocycles. The smallest absolute Gasteiger partial charge is 0.132 e. The molecule has 0 radical (unpaired) electrons. The number of nitrogens with two attached hydrogens (primary N) is 2. The highest BCUT2D eigenvalue weighted by Crippen LogP contribution is 2.36. The average Bonchev–Trinajstić information content (AvgIpc) is 3.15. The number of hydrogen-bond acceptors (Lipinski definition) is 5. The van der Waals surface area contributed by atoms with Crippen LogP contribution in [0.25, 0.3) is 0 Å². The molecule has 4 rings (SSSR count). The largest absolute Gasteiger partial charge is 0.497 e. The third-order valence-electron chi connectivity index (χ3n) is 5.65. The van der Waals surface area contributed by atoms with Gasteiger partial charge in [0.05, 0.1) is 18.7 Å². The Morgan fingerprint density at radius 1 is 0.912 bits per heavy atom. The molecule has 0 spiro atoms. The van der Waals surface area contributed by atoms with E-state index in [0.29, 0.717) is 6.54 Å². The highest BCUT2D eigenvalue weighted by Gasteiger charge is 2.37. The summed E-state index contributed by atoms with van der Waals surface area (Å²) in [6, 6.07) is 29.7. The summed E-state index contributed by atoms with van der Waals surface area (Å²) in [4.78, 5) is 7.54. The lowest BCUT2D eigenvalue weighted by molar-refractivity contribution is 0.329. The molecular formula is C29H38N4O. The monoisotopic (exact) mass is 458 g/mol. The van der Waals surface area contributed by atoms with Gasteiger partial charge >= 0.3 is 0 Å². The van der Waals surface area contributed by atoms with Crippen molar-refractivity contribution in [2.24, 2.45) is 16.5 Å². The fourth-order valence-electron chi connectivity index (χ4n) is 3.89. The summed E-state index contributed by atoms with van der Waals surface area (Å²) in [6.07, 6.45) is 0. The second kappa shape index (κ2) is 10.9. The summed E-state index contributed by atoms with van der Waals surface area (Å²) in [5, 5.41) is 0. The van der Waals surface area contributed by atoms with E-state index < -0.39 is 0 Å². The van der Waals surface area contributed by atoms with Crippen LogP contribution in [0.2, 0.25) is 0 Å². The Balaban J connectivity index is 0.000000481. The Morgan fingerprint density at radius 3 is 1.79 bits per heavy atom. The first-order valence-corrected chi connectivity index (χ1v) is 11.7. The lowest BCUT2D eigenvalue weighted by Gasteiger charge is -2.33. The molecule has 3 aromatic carbocycles. The minimum atomic E-state index is -0.181. The fraction of sp³-hybridized carbons (Fsp3) is 0.345. The molecule has 1 aliphatic rings. The zero-order valence-electron chi connectivity index (χ0n) is 21.0. The lowest BCUT2D eigenvalue weighted by atomic mass is 9.95. The van der Waals surface area contributed by atoms with Crippen LogP contribution in [-0.2, 0) is 0 Å². The van der Waals surface area contributed by atoms with Crippen molar-refractivity contribution >= 4 is 5.84 Å². The van der Waals surface area contributed by atoms with Crippen molar-refractivity contribution in [3.8, 4) is 5.75 Å². The molecule has 0 saturated carbocycles. The predicted molar refractivity (Wildman–Crippen MR) is 142 cm³/mol. The standard InChI is InChI=1S/C25H26N2O.C4H12N2/c1-25(2)18-27(24(26-25)21-14-16-22(28-3)17-15-21)23(19-10-6-4-7-11-19)20-12-8-5-9-13-20;1-4(2,6)3-5/h4-17,23H,18H2,1-3H3;3,5-6H2,1-2H3. The van der Waals surface area contributed by atoms with Gasteiger partial charge in [-0.15, -0.1) is 0 Å². The van der Waals surface area contributed by atoms with E-state index in [4.69, 9.17) is 21.2 Å². The molecule has 0 amide bonds. The van der Waals surface area contributed by atoms with Gasteiger partial charge in [0.25, 0.3) is 0 Å². The fourth-order valence-corrected chi connectivity index (χ4v) is 3.89. The molecule has 5 heteroatoms. The second-order valence-electron chi connectivity index (χ2n) is 10.0. The molecule has 0 aromatic heterocycles. The van der Waals surface area contributed by atoms with E-state index in [-0.39, 0.29) is 17.1 Å². The van der Waals surface area contributed by atoms with Crippen LogP contribution >= 0.6 is 0 Å². The third-order valence-corrected chi connectivity index (χ3v) is 5.65. The Labute approximate surface area is 204 Å². The molecule has 0 atom stereocenters. The quantitative estimate of drug-likeness (QED) is 0.544. The summed E-state index contributed by atoms with van der Waals surface area (Å²) in [7, 11) is 1.69. The molecule has 180 valence electrons. The predicted octanol–water partition coefficient (Wildman–Crippen LogP) is 5.01. The summed E-state index contributed by atoms with van der Waals surface area (Å²) in [6.45, 7) is 9.60. The van der Waals surface area contributed by atoms with E-state index >= 15 is 0 Å². The number of nitrogens with zero attached hydrogens (tertiary/aromatic N) is 2. The Bertz CT molecular complexity index is 1020. The van der Waals surface area contributed by atoms with Crippen LogP contribution in [-0.4, -0.2) is 42.0 Å². The van der Waals surface area contributed by atoms with Gasteiger partial charge in [-0.3, -0.25) is 4.99 Å². The van der Waals surface area contributed by atoms with Crippen LogP contribution in [0.15, 0.2) is 89.9 Å². The second-order valence-corrected chi connectivity index (χ2v) is 10.0. The zero-order chi connectivity index (χ0) is 24.8. The number of ether oxygens (including phenoxy) is 1. The van der Waals surface area contributed by atoms with Crippen LogP contribution in [0.3, 0.4) is 0 Å². The van der Waals surface area contributed by atoms with Gasteiger partial charge in [0.15, 0.2) is 0 Å². The van der Waals surface area contributed by atoms with E-state index in [9.17, 15) is 0 Å². The first-order chi connectivity index (χ1) is 16.1. The van der Waals surface area contributed by atoms with Crippen LogP contribution in [0.4, 0.5) is 0 Å². The van der Waals surface area contributed by atoms with E-state index in [2.05, 4.69) is 91.5 Å². The number of aliphatic imine (C=N–C) groups is 1. The van der Waals surface area contributed by atoms with Crippen LogP contribution in [0, 0.1) is 0 Å². The summed E-state index contributed by atoms with van der Waals surface area (Å²) < 4.78 is 5.33. The van der Waals surface area contributed by atoms with Crippen molar-refractivity contribution in [3.63, 3.8) is 0 Å². The van der Waals surface area contributed by atoms with Gasteiger partial charge in [0.2, 0.25) is 0 Å². The van der Waals surface area contributed by atoms with Crippen molar-refractivity contribution in [1.82, 2.24) is 4.90 Å². The molecule has 0 unspecified atom stereocenters. The number of hydrogen-bond donors (Lipinski definition) is 2. The van der Waals surface area contributed by atoms with Crippen molar-refractivity contribution < 1.29 is 4.74 Å². The van der Waals surface area contributed by atoms with E-state index in [1.165, 1.54) is 11.1 Å². The van der Waals surface area contributed by atoms with Gasteiger partial charge in [-0.05, 0) is 63.1 Å². The van der Waals surface area contributed by atoms with Crippen molar-refractivity contribution in [2.45, 2.75) is 44.8 Å². The molecule has 34 heavy (non-hydrogen) atoms. The zero-order valence-corrected chi connectivity index (χ0v) is 21.0. The van der Waals surface area contributed by atoms with Gasteiger partial charge in [-0.25, -0.2) is 0 Å². The third kappa shape index (κ3) is 6.69. The van der Waals surface area contributed by atoms with Crippen LogP contribution < -0.4 is 16.2 Å². The molecule has 0 fully saturated rings. The van der Waals surface area contributed by atoms with Crippen molar-refractivity contribution in [1.29, 1.82) is 0 Å². The van der Waals surface area contributed by atoms with Crippen molar-refractivity contribution in [2.75, 3.05) is 20.2 Å². The Kier molecular flexibility index (Phi) is 8.13. The Morgan fingerprint density at radius 2 is 1.38 bits per heavy atom. The molecule has 0 bridgehead atoms. The summed E-state index contributed by atoms with van der Waals surface area (Å²) in [5.41, 5.74) is 13.9. The summed E-state index contributed by atoms with van der Waals surface area (Å²) >= 11 is 0. The molecule has 4 N–H and O–H groups in total. The molecule has 1 heterocycles. The average molecular weight is 459 g/mol. The maximum absolute atomic E-state index is 5.41. The van der Waals surface area contributed by atoms with Crippen molar-refractivity contribution in [3.05, 3.63) is 102 Å². The number of benzene rings is 3. The lowest BCUT2D eigenvalue weighted by Crippen LogP contribution is -2.40. The van der Waals surface area contributed by atoms with E-state index in [1.54, 1.807) is 7.11 Å². The first-order valence-electron chi connectivity index (χ1n) is 11.7. The van der Waals surface area contributed by atoms with E-state index in [0.717, 1.165) is 23.7 Å². The summed E-state index contributed by atoms with van der Waals surface area (Å²) in [5.74, 6) is 1.89. The minimum absolute atomic E-state index is 0.116. The molecule has 5 nitrogen and oxygen atoms in total. The molecule has 0 aliphatic carbocycles. The van der Waals surface area contributed by atoms with Gasteiger partial charge in [-0.2, -0.15) is 0 Å². The Hall–Kier alpha value is -3.15. The number of amidine groups is 1. The number of methoxy groups -OCH3 is 1. The maximum atomic E-state index is 5.41. The molecular weight excluding hydrogens is 420 g/mol. The SMILES string of the molecule is CC(C)(N)CN.COc1ccc(C2=NC(C)(C)CN2C(c2ccccc2)c2ccccc2)cc1. The minimum Gasteiger partial charge on any atom is -0.497 e. The highest BCUT2D eigenvalue weighted by molar-refractivity contribution is 6.01. The highest BCUT2D eigenvalue weighted by atomic mass is 16.5. The first kappa shape index (κ1) is 25.5. The maximum Gasteiger partial charge on any atom is 0.132 e. The van der Waals surface area contributed by atoms with Gasteiger partial charge < -0.3 is 21.1 Å². The normalized spacial score (nSPS) is 14.9. The molecule has 3 aromatic rings.